The van der Waals surface area contributed by atoms with Crippen LogP contribution in [0.1, 0.15) is 26.3 Å². The van der Waals surface area contributed by atoms with Gasteiger partial charge in [0.25, 0.3) is 6.71 Å². The molecule has 0 N–H and O–H groups in total. The van der Waals surface area contributed by atoms with E-state index in [0.29, 0.717) is 0 Å². The smallest absolute Gasteiger partial charge is 0.257 e. The summed E-state index contributed by atoms with van der Waals surface area (Å²) in [5.74, 6) is 1.77. The molecule has 9 aromatic carbocycles. The Morgan fingerprint density at radius 2 is 0.918 bits per heavy atom. The number of rotatable bonds is 7. The average Bonchev–Trinajstić information content (AvgIpc) is 3.30. The number of benzene rings is 9. The van der Waals surface area contributed by atoms with Crippen LogP contribution >= 0.6 is 0 Å². The largest absolute Gasteiger partial charge is 0.458 e. The van der Waals surface area contributed by atoms with Crippen LogP contribution in [0.4, 0.5) is 51.2 Å². The SMILES string of the molecule is CC(C)(C)c1cc2c3c(c1)N(c1ccccc1)c1cc(N(c4ccccc4)c4ccccc4)c4ccccc4c1B3c1ccc(N(c3ccccc3)c3ccccc3)cc1O2. The highest BCUT2D eigenvalue weighted by Gasteiger charge is 2.44. The maximum atomic E-state index is 7.25. The molecule has 292 valence electrons. The van der Waals surface area contributed by atoms with Crippen LogP contribution in [0.2, 0.25) is 0 Å². The van der Waals surface area contributed by atoms with Crippen LogP contribution in [0, 0.1) is 0 Å². The van der Waals surface area contributed by atoms with Crippen molar-refractivity contribution < 1.29 is 4.74 Å². The molecular formula is C56H44BN3O. The molecule has 2 aliphatic rings. The van der Waals surface area contributed by atoms with Gasteiger partial charge < -0.3 is 19.4 Å². The predicted octanol–water partition coefficient (Wildman–Crippen LogP) is 13.5. The highest BCUT2D eigenvalue weighted by Crippen LogP contribution is 2.48. The van der Waals surface area contributed by atoms with Gasteiger partial charge in [0.05, 0.1) is 5.69 Å². The van der Waals surface area contributed by atoms with Crippen LogP contribution < -0.4 is 35.8 Å². The molecule has 0 saturated carbocycles. The zero-order chi connectivity index (χ0) is 41.1. The van der Waals surface area contributed by atoms with Gasteiger partial charge >= 0.3 is 0 Å². The van der Waals surface area contributed by atoms with E-state index in [9.17, 15) is 0 Å². The molecule has 0 atom stereocenters. The highest BCUT2D eigenvalue weighted by atomic mass is 16.5. The third-order valence-corrected chi connectivity index (χ3v) is 12.2. The van der Waals surface area contributed by atoms with Crippen LogP contribution in [-0.2, 0) is 5.41 Å². The molecule has 0 spiro atoms. The first kappa shape index (κ1) is 36.6. The molecule has 0 aliphatic carbocycles. The summed E-state index contributed by atoms with van der Waals surface area (Å²) < 4.78 is 7.25. The second-order valence-corrected chi connectivity index (χ2v) is 17.0. The van der Waals surface area contributed by atoms with Gasteiger partial charge in [-0.1, -0.05) is 142 Å². The van der Waals surface area contributed by atoms with Crippen LogP contribution in [0.15, 0.2) is 212 Å². The molecule has 5 heteroatoms. The number of fused-ring (bicyclic) bond motifs is 6. The molecule has 0 amide bonds. The minimum Gasteiger partial charge on any atom is -0.458 e. The van der Waals surface area contributed by atoms with E-state index in [-0.39, 0.29) is 12.1 Å². The summed E-state index contributed by atoms with van der Waals surface area (Å²) in [4.78, 5) is 7.20. The van der Waals surface area contributed by atoms with Gasteiger partial charge in [-0.25, -0.2) is 0 Å². The Bertz CT molecular complexity index is 2960. The maximum absolute atomic E-state index is 7.25. The van der Waals surface area contributed by atoms with Crippen molar-refractivity contribution in [1.29, 1.82) is 0 Å². The number of nitrogens with zero attached hydrogens (tertiary/aromatic N) is 3. The van der Waals surface area contributed by atoms with E-state index in [1.165, 1.54) is 27.3 Å². The van der Waals surface area contributed by atoms with E-state index >= 15 is 0 Å². The first-order chi connectivity index (χ1) is 29.9. The van der Waals surface area contributed by atoms with E-state index in [4.69, 9.17) is 4.74 Å². The van der Waals surface area contributed by atoms with Crippen LogP contribution in [0.5, 0.6) is 11.5 Å². The molecule has 0 saturated heterocycles. The zero-order valence-electron chi connectivity index (χ0n) is 34.5. The topological polar surface area (TPSA) is 19.0 Å². The van der Waals surface area contributed by atoms with Gasteiger partial charge in [-0.05, 0) is 118 Å². The maximum Gasteiger partial charge on any atom is 0.257 e. The first-order valence-electron chi connectivity index (χ1n) is 21.1. The lowest BCUT2D eigenvalue weighted by Gasteiger charge is -2.42. The minimum absolute atomic E-state index is 0.102. The molecule has 2 heterocycles. The summed E-state index contributed by atoms with van der Waals surface area (Å²) in [6.07, 6.45) is 0. The van der Waals surface area contributed by atoms with E-state index in [1.54, 1.807) is 0 Å². The molecule has 2 aliphatic heterocycles. The van der Waals surface area contributed by atoms with Crippen molar-refractivity contribution in [2.45, 2.75) is 26.2 Å². The van der Waals surface area contributed by atoms with E-state index in [1.807, 2.05) is 0 Å². The van der Waals surface area contributed by atoms with Crippen molar-refractivity contribution in [2.75, 3.05) is 14.7 Å². The lowest BCUT2D eigenvalue weighted by atomic mass is 9.33. The van der Waals surface area contributed by atoms with Crippen LogP contribution in [-0.4, -0.2) is 6.71 Å². The van der Waals surface area contributed by atoms with Gasteiger partial charge in [-0.3, -0.25) is 0 Å². The molecular weight excluding hydrogens is 741 g/mol. The molecule has 61 heavy (non-hydrogen) atoms. The first-order valence-corrected chi connectivity index (χ1v) is 21.1. The van der Waals surface area contributed by atoms with Gasteiger partial charge in [-0.2, -0.15) is 0 Å². The number of hydrogen-bond donors (Lipinski definition) is 0. The lowest BCUT2D eigenvalue weighted by molar-refractivity contribution is 0.483. The molecule has 9 aromatic rings. The van der Waals surface area contributed by atoms with Crippen molar-refractivity contribution >= 4 is 85.1 Å². The number of hydrogen-bond acceptors (Lipinski definition) is 4. The summed E-state index contributed by atoms with van der Waals surface area (Å²) >= 11 is 0. The molecule has 0 aromatic heterocycles. The molecule has 4 nitrogen and oxygen atoms in total. The Labute approximate surface area is 358 Å². The molecule has 0 fully saturated rings. The van der Waals surface area contributed by atoms with Crippen LogP contribution in [0.25, 0.3) is 10.8 Å². The fourth-order valence-electron chi connectivity index (χ4n) is 9.37. The summed E-state index contributed by atoms with van der Waals surface area (Å²) in [5, 5.41) is 2.39. The normalized spacial score (nSPS) is 12.6. The van der Waals surface area contributed by atoms with Crippen molar-refractivity contribution in [3.8, 4) is 11.5 Å². The van der Waals surface area contributed by atoms with Gasteiger partial charge in [0.15, 0.2) is 0 Å². The summed E-state index contributed by atoms with van der Waals surface area (Å²) in [6.45, 7) is 6.77. The monoisotopic (exact) mass is 785 g/mol. The Kier molecular flexibility index (Phi) is 8.78. The van der Waals surface area contributed by atoms with Gasteiger partial charge in [0.2, 0.25) is 0 Å². The van der Waals surface area contributed by atoms with Crippen molar-refractivity contribution in [3.05, 3.63) is 218 Å². The number of ether oxygens (including phenoxy) is 1. The fourth-order valence-corrected chi connectivity index (χ4v) is 9.37. The van der Waals surface area contributed by atoms with Crippen molar-refractivity contribution in [1.82, 2.24) is 0 Å². The average molecular weight is 786 g/mol. The standard InChI is InChI=1S/C56H44BN3O/c1-56(2,3)39-35-50-55-53(36-39)61-52-37-45(58(40-21-9-4-10-22-40)41-23-11-5-12-24-41)33-34-48(52)57(55)54-47-32-20-19-31-46(47)49(38-51(54)60(50)44-29-17-8-18-30-44)59(42-25-13-6-14-26-42)43-27-15-7-16-28-43/h4-38H,1-3H3. The van der Waals surface area contributed by atoms with E-state index < -0.39 is 0 Å². The molecule has 0 unspecified atom stereocenters. The Morgan fingerprint density at radius 1 is 0.426 bits per heavy atom. The Hall–Kier alpha value is -7.50. The fraction of sp³-hybridized carbons (Fsp3) is 0.0714. The lowest BCUT2D eigenvalue weighted by Crippen LogP contribution is -2.60. The predicted molar refractivity (Wildman–Crippen MR) is 258 cm³/mol. The summed E-state index contributed by atoms with van der Waals surface area (Å²) in [6, 6.07) is 76.4. The molecule has 0 bridgehead atoms. The third kappa shape index (κ3) is 6.24. The minimum atomic E-state index is -0.140. The molecule has 0 radical (unpaired) electrons. The zero-order valence-corrected chi connectivity index (χ0v) is 34.5. The summed E-state index contributed by atoms with van der Waals surface area (Å²) in [5.41, 5.74) is 14.6. The summed E-state index contributed by atoms with van der Waals surface area (Å²) in [7, 11) is 0. The highest BCUT2D eigenvalue weighted by molar-refractivity contribution is 7.00. The quantitative estimate of drug-likeness (QED) is 0.150. The Balaban J connectivity index is 1.22. The van der Waals surface area contributed by atoms with Crippen molar-refractivity contribution in [3.63, 3.8) is 0 Å². The van der Waals surface area contributed by atoms with E-state index in [0.717, 1.165) is 68.1 Å². The second kappa shape index (κ2) is 14.7. The van der Waals surface area contributed by atoms with Gasteiger partial charge in [0, 0.05) is 57.0 Å². The second-order valence-electron chi connectivity index (χ2n) is 17.0. The number of anilines is 9. The van der Waals surface area contributed by atoms with Crippen LogP contribution in [0.3, 0.4) is 0 Å². The van der Waals surface area contributed by atoms with E-state index in [2.05, 4.69) is 248 Å². The van der Waals surface area contributed by atoms with Gasteiger partial charge in [-0.15, -0.1) is 0 Å². The molecule has 11 rings (SSSR count). The Morgan fingerprint density at radius 3 is 1.48 bits per heavy atom. The van der Waals surface area contributed by atoms with Crippen molar-refractivity contribution in [2.24, 2.45) is 0 Å². The van der Waals surface area contributed by atoms with Gasteiger partial charge in [0.1, 0.15) is 11.5 Å². The number of para-hydroxylation sites is 5. The third-order valence-electron chi connectivity index (χ3n) is 12.2.